The van der Waals surface area contributed by atoms with E-state index in [4.69, 9.17) is 11.6 Å². The highest BCUT2D eigenvalue weighted by Gasteiger charge is 2.48. The molecule has 24 heavy (non-hydrogen) atoms. The number of halogens is 1. The molecule has 1 aromatic rings. The number of rotatable bonds is 5. The molecule has 1 fully saturated rings. The minimum Gasteiger partial charge on any atom is -0.352 e. The average molecular weight is 347 g/mol. The molecule has 0 saturated carbocycles. The third-order valence-electron chi connectivity index (χ3n) is 4.56. The Kier molecular flexibility index (Phi) is 5.00. The van der Waals surface area contributed by atoms with Crippen molar-refractivity contribution in [1.29, 1.82) is 0 Å². The van der Waals surface area contributed by atoms with Crippen molar-refractivity contribution in [2.24, 2.45) is 11.8 Å². The van der Waals surface area contributed by atoms with Gasteiger partial charge in [0, 0.05) is 24.5 Å². The maximum atomic E-state index is 12.4. The monoisotopic (exact) mass is 346 g/mol. The molecule has 126 valence electrons. The van der Waals surface area contributed by atoms with Crippen LogP contribution in [-0.4, -0.2) is 29.2 Å². The van der Waals surface area contributed by atoms with E-state index < -0.39 is 0 Å². The summed E-state index contributed by atoms with van der Waals surface area (Å²) >= 11 is 5.99. The van der Waals surface area contributed by atoms with Gasteiger partial charge in [0.1, 0.15) is 0 Å². The highest BCUT2D eigenvalue weighted by molar-refractivity contribution is 6.30. The lowest BCUT2D eigenvalue weighted by Gasteiger charge is -2.17. The number of hydrogen-bond acceptors (Lipinski definition) is 3. The van der Waals surface area contributed by atoms with E-state index in [1.807, 2.05) is 36.4 Å². The lowest BCUT2D eigenvalue weighted by Crippen LogP contribution is -2.35. The molecule has 0 spiro atoms. The fourth-order valence-corrected chi connectivity index (χ4v) is 3.47. The average Bonchev–Trinajstić information content (AvgIpc) is 2.82. The molecule has 5 nitrogen and oxygen atoms in total. The molecule has 1 aliphatic carbocycles. The predicted molar refractivity (Wildman–Crippen MR) is 89.8 cm³/mol. The van der Waals surface area contributed by atoms with E-state index in [2.05, 4.69) is 5.32 Å². The summed E-state index contributed by atoms with van der Waals surface area (Å²) in [4.78, 5) is 37.9. The van der Waals surface area contributed by atoms with Crippen LogP contribution in [0.3, 0.4) is 0 Å². The summed E-state index contributed by atoms with van der Waals surface area (Å²) in [7, 11) is 0. The van der Waals surface area contributed by atoms with E-state index in [0.29, 0.717) is 24.4 Å². The van der Waals surface area contributed by atoms with Gasteiger partial charge in [0.2, 0.25) is 17.7 Å². The van der Waals surface area contributed by atoms with Gasteiger partial charge in [-0.05, 0) is 18.4 Å². The minimum absolute atomic E-state index is 0.116. The number of hydrogen-bond donors (Lipinski definition) is 1. The second-order valence-corrected chi connectivity index (χ2v) is 6.63. The van der Waals surface area contributed by atoms with Gasteiger partial charge in [-0.15, -0.1) is 0 Å². The van der Waals surface area contributed by atoms with Gasteiger partial charge in [-0.3, -0.25) is 19.3 Å². The predicted octanol–water partition coefficient (Wildman–Crippen LogP) is 2.21. The summed E-state index contributed by atoms with van der Waals surface area (Å²) in [5.74, 6) is -1.23. The van der Waals surface area contributed by atoms with Crippen LogP contribution >= 0.6 is 11.6 Å². The first kappa shape index (κ1) is 16.7. The number of amides is 3. The van der Waals surface area contributed by atoms with E-state index in [1.165, 1.54) is 4.90 Å². The summed E-state index contributed by atoms with van der Waals surface area (Å²) in [6, 6.07) is 9.58. The summed E-state index contributed by atoms with van der Waals surface area (Å²) < 4.78 is 0. The van der Waals surface area contributed by atoms with Crippen molar-refractivity contribution in [3.8, 4) is 0 Å². The number of carbonyl (C=O) groups excluding carboxylic acids is 3. The van der Waals surface area contributed by atoms with Crippen LogP contribution in [0.2, 0.25) is 0 Å². The standard InChI is InChI=1S/C18H19ClN2O3/c19-13-6-7-14-15(10-13)18(24)21(17(14)23)9-8-16(22)20-11-12-4-2-1-3-5-12/h1-6,14-15H,7-11H2,(H,20,22)/t14-,15-/m1/s1. The first-order chi connectivity index (χ1) is 11.6. The van der Waals surface area contributed by atoms with Crippen LogP contribution in [0.1, 0.15) is 24.8 Å². The Labute approximate surface area is 145 Å². The molecular formula is C18H19ClN2O3. The second kappa shape index (κ2) is 7.18. The molecule has 0 unspecified atom stereocenters. The Bertz CT molecular complexity index is 687. The maximum Gasteiger partial charge on any atom is 0.233 e. The van der Waals surface area contributed by atoms with Gasteiger partial charge in [0.25, 0.3) is 0 Å². The molecule has 1 saturated heterocycles. The van der Waals surface area contributed by atoms with Crippen molar-refractivity contribution in [3.05, 3.63) is 47.0 Å². The topological polar surface area (TPSA) is 66.5 Å². The number of imide groups is 1. The summed E-state index contributed by atoms with van der Waals surface area (Å²) in [5, 5.41) is 3.44. The number of carbonyl (C=O) groups is 3. The molecular weight excluding hydrogens is 328 g/mol. The Morgan fingerprint density at radius 3 is 2.62 bits per heavy atom. The highest BCUT2D eigenvalue weighted by atomic mass is 35.5. The Hall–Kier alpha value is -2.14. The highest BCUT2D eigenvalue weighted by Crippen LogP contribution is 2.38. The normalized spacial score (nSPS) is 23.0. The Morgan fingerprint density at radius 2 is 1.88 bits per heavy atom. The van der Waals surface area contributed by atoms with Gasteiger partial charge in [-0.1, -0.05) is 48.0 Å². The molecule has 2 atom stereocenters. The fraction of sp³-hybridized carbons (Fsp3) is 0.389. The van der Waals surface area contributed by atoms with Crippen molar-refractivity contribution in [3.63, 3.8) is 0 Å². The van der Waals surface area contributed by atoms with Gasteiger partial charge in [-0.25, -0.2) is 0 Å². The number of benzene rings is 1. The van der Waals surface area contributed by atoms with Gasteiger partial charge in [-0.2, -0.15) is 0 Å². The molecule has 6 heteroatoms. The summed E-state index contributed by atoms with van der Waals surface area (Å²) in [5.41, 5.74) is 1.01. The van der Waals surface area contributed by atoms with E-state index in [9.17, 15) is 14.4 Å². The Balaban J connectivity index is 1.51. The van der Waals surface area contributed by atoms with Crippen LogP contribution in [0, 0.1) is 11.8 Å². The molecule has 1 N–H and O–H groups in total. The molecule has 0 radical (unpaired) electrons. The van der Waals surface area contributed by atoms with Gasteiger partial charge >= 0.3 is 0 Å². The number of allylic oxidation sites excluding steroid dienone is 2. The van der Waals surface area contributed by atoms with Crippen LogP contribution in [0.15, 0.2) is 41.4 Å². The molecule has 0 bridgehead atoms. The minimum atomic E-state index is -0.359. The molecule has 0 aromatic heterocycles. The molecule has 1 heterocycles. The fourth-order valence-electron chi connectivity index (χ4n) is 3.21. The SMILES string of the molecule is O=C(CCN1C(=O)[C@@H]2CC=C(Cl)C[C@H]2C1=O)NCc1ccccc1. The van der Waals surface area contributed by atoms with Crippen molar-refractivity contribution in [2.75, 3.05) is 6.54 Å². The first-order valence-electron chi connectivity index (χ1n) is 8.06. The third kappa shape index (κ3) is 3.51. The summed E-state index contributed by atoms with van der Waals surface area (Å²) in [6.07, 6.45) is 2.85. The molecule has 2 aliphatic rings. The van der Waals surface area contributed by atoms with Crippen molar-refractivity contribution < 1.29 is 14.4 Å². The van der Waals surface area contributed by atoms with Crippen LogP contribution in [0.25, 0.3) is 0 Å². The third-order valence-corrected chi connectivity index (χ3v) is 4.86. The number of nitrogens with zero attached hydrogens (tertiary/aromatic N) is 1. The van der Waals surface area contributed by atoms with E-state index >= 15 is 0 Å². The van der Waals surface area contributed by atoms with Crippen molar-refractivity contribution >= 4 is 29.3 Å². The van der Waals surface area contributed by atoms with Crippen LogP contribution in [-0.2, 0) is 20.9 Å². The van der Waals surface area contributed by atoms with Crippen LogP contribution < -0.4 is 5.32 Å². The van der Waals surface area contributed by atoms with Gasteiger partial charge in [0.15, 0.2) is 0 Å². The second-order valence-electron chi connectivity index (χ2n) is 6.14. The van der Waals surface area contributed by atoms with E-state index in [1.54, 1.807) is 0 Å². The quantitative estimate of drug-likeness (QED) is 0.831. The zero-order chi connectivity index (χ0) is 17.1. The van der Waals surface area contributed by atoms with Crippen LogP contribution in [0.4, 0.5) is 0 Å². The summed E-state index contributed by atoms with van der Waals surface area (Å²) in [6.45, 7) is 0.565. The molecule has 3 amide bonds. The van der Waals surface area contributed by atoms with Crippen molar-refractivity contribution in [2.45, 2.75) is 25.8 Å². The zero-order valence-corrected chi connectivity index (χ0v) is 14.0. The molecule has 1 aromatic carbocycles. The van der Waals surface area contributed by atoms with E-state index in [0.717, 1.165) is 5.56 Å². The molecule has 3 rings (SSSR count). The van der Waals surface area contributed by atoms with Gasteiger partial charge in [0.05, 0.1) is 11.8 Å². The maximum absolute atomic E-state index is 12.4. The first-order valence-corrected chi connectivity index (χ1v) is 8.44. The number of nitrogens with one attached hydrogen (secondary N) is 1. The lowest BCUT2D eigenvalue weighted by molar-refractivity contribution is -0.140. The Morgan fingerprint density at radius 1 is 1.17 bits per heavy atom. The van der Waals surface area contributed by atoms with Gasteiger partial charge < -0.3 is 5.32 Å². The van der Waals surface area contributed by atoms with Crippen LogP contribution in [0.5, 0.6) is 0 Å². The smallest absolute Gasteiger partial charge is 0.233 e. The largest absolute Gasteiger partial charge is 0.352 e. The van der Waals surface area contributed by atoms with E-state index in [-0.39, 0.29) is 42.5 Å². The zero-order valence-electron chi connectivity index (χ0n) is 13.2. The van der Waals surface area contributed by atoms with Crippen molar-refractivity contribution in [1.82, 2.24) is 10.2 Å². The number of likely N-dealkylation sites (tertiary alicyclic amines) is 1. The number of fused-ring (bicyclic) bond motifs is 1. The lowest BCUT2D eigenvalue weighted by atomic mass is 9.85. The molecule has 1 aliphatic heterocycles.